The maximum atomic E-state index is 13.3. The van der Waals surface area contributed by atoms with E-state index in [9.17, 15) is 14.0 Å². The van der Waals surface area contributed by atoms with Gasteiger partial charge in [-0.05, 0) is 54.6 Å². The van der Waals surface area contributed by atoms with E-state index in [1.165, 1.54) is 35.6 Å². The lowest BCUT2D eigenvalue weighted by Crippen LogP contribution is -2.13. The summed E-state index contributed by atoms with van der Waals surface area (Å²) < 4.78 is 14.3. The van der Waals surface area contributed by atoms with E-state index >= 15 is 0 Å². The van der Waals surface area contributed by atoms with Crippen molar-refractivity contribution in [2.45, 2.75) is 0 Å². The number of benzene rings is 3. The molecule has 30 heavy (non-hydrogen) atoms. The van der Waals surface area contributed by atoms with Crippen LogP contribution in [-0.2, 0) is 4.79 Å². The van der Waals surface area contributed by atoms with Crippen molar-refractivity contribution < 1.29 is 14.0 Å². The number of carbonyl (C=O) groups is 2. The third-order valence-corrected chi connectivity index (χ3v) is 5.16. The third kappa shape index (κ3) is 4.76. The first-order chi connectivity index (χ1) is 14.6. The summed E-state index contributed by atoms with van der Waals surface area (Å²) in [7, 11) is 0. The van der Waals surface area contributed by atoms with Crippen molar-refractivity contribution in [2.75, 3.05) is 10.6 Å². The average molecular weight is 417 g/mol. The van der Waals surface area contributed by atoms with Gasteiger partial charge in [0.2, 0.25) is 5.91 Å². The number of thiazole rings is 1. The molecule has 2 N–H and O–H groups in total. The molecule has 0 saturated heterocycles. The molecular weight excluding hydrogens is 401 g/mol. The number of rotatable bonds is 5. The SMILES string of the molecule is O=C(/C=C/c1nc2ccccc2s1)Nc1cccc(C(=O)Nc2cccc(F)c2)c1. The summed E-state index contributed by atoms with van der Waals surface area (Å²) in [6, 6.07) is 19.9. The van der Waals surface area contributed by atoms with Crippen LogP contribution in [0.2, 0.25) is 0 Å². The minimum absolute atomic E-state index is 0.336. The number of para-hydroxylation sites is 1. The summed E-state index contributed by atoms with van der Waals surface area (Å²) >= 11 is 1.50. The minimum Gasteiger partial charge on any atom is -0.322 e. The van der Waals surface area contributed by atoms with Gasteiger partial charge >= 0.3 is 0 Å². The lowest BCUT2D eigenvalue weighted by molar-refractivity contribution is -0.111. The molecule has 1 aromatic heterocycles. The molecule has 7 heteroatoms. The second-order valence-electron chi connectivity index (χ2n) is 6.39. The van der Waals surface area contributed by atoms with Crippen molar-refractivity contribution >= 4 is 50.8 Å². The fraction of sp³-hybridized carbons (Fsp3) is 0. The van der Waals surface area contributed by atoms with E-state index < -0.39 is 11.7 Å². The van der Waals surface area contributed by atoms with Crippen molar-refractivity contribution in [1.29, 1.82) is 0 Å². The molecule has 4 rings (SSSR count). The number of nitrogens with one attached hydrogen (secondary N) is 2. The highest BCUT2D eigenvalue weighted by molar-refractivity contribution is 7.19. The molecule has 1 heterocycles. The van der Waals surface area contributed by atoms with Crippen LogP contribution in [0.25, 0.3) is 16.3 Å². The molecule has 148 valence electrons. The van der Waals surface area contributed by atoms with Crippen molar-refractivity contribution in [3.05, 3.63) is 95.3 Å². The zero-order chi connectivity index (χ0) is 20.9. The second-order valence-corrected chi connectivity index (χ2v) is 7.45. The van der Waals surface area contributed by atoms with Crippen molar-refractivity contribution in [3.8, 4) is 0 Å². The monoisotopic (exact) mass is 417 g/mol. The lowest BCUT2D eigenvalue weighted by atomic mass is 10.1. The lowest BCUT2D eigenvalue weighted by Gasteiger charge is -2.07. The Morgan fingerprint density at radius 1 is 0.900 bits per heavy atom. The number of amides is 2. The maximum absolute atomic E-state index is 13.3. The molecule has 0 spiro atoms. The molecule has 0 aliphatic carbocycles. The topological polar surface area (TPSA) is 71.1 Å². The Morgan fingerprint density at radius 3 is 2.47 bits per heavy atom. The van der Waals surface area contributed by atoms with Crippen LogP contribution in [0.5, 0.6) is 0 Å². The minimum atomic E-state index is -0.436. The normalized spacial score (nSPS) is 11.0. The van der Waals surface area contributed by atoms with E-state index in [4.69, 9.17) is 0 Å². The van der Waals surface area contributed by atoms with Gasteiger partial charge in [-0.2, -0.15) is 0 Å². The number of carbonyl (C=O) groups excluding carboxylic acids is 2. The Kier molecular flexibility index (Phi) is 5.63. The largest absolute Gasteiger partial charge is 0.322 e. The molecule has 4 aromatic rings. The number of fused-ring (bicyclic) bond motifs is 1. The van der Waals surface area contributed by atoms with E-state index in [1.54, 1.807) is 36.4 Å². The van der Waals surface area contributed by atoms with Gasteiger partial charge < -0.3 is 10.6 Å². The van der Waals surface area contributed by atoms with Crippen LogP contribution in [0.3, 0.4) is 0 Å². The molecule has 3 aromatic carbocycles. The van der Waals surface area contributed by atoms with Crippen LogP contribution in [-0.4, -0.2) is 16.8 Å². The number of halogens is 1. The highest BCUT2D eigenvalue weighted by Gasteiger charge is 2.08. The molecule has 2 amide bonds. The summed E-state index contributed by atoms with van der Waals surface area (Å²) in [5, 5.41) is 6.08. The van der Waals surface area contributed by atoms with Gasteiger partial charge in [0.15, 0.2) is 0 Å². The van der Waals surface area contributed by atoms with E-state index in [2.05, 4.69) is 15.6 Å². The first-order valence-corrected chi connectivity index (χ1v) is 9.90. The average Bonchev–Trinajstić information content (AvgIpc) is 3.15. The second kappa shape index (κ2) is 8.67. The van der Waals surface area contributed by atoms with Crippen LogP contribution < -0.4 is 10.6 Å². The van der Waals surface area contributed by atoms with Gasteiger partial charge in [-0.15, -0.1) is 11.3 Å². The van der Waals surface area contributed by atoms with Crippen molar-refractivity contribution in [3.63, 3.8) is 0 Å². The molecule has 0 fully saturated rings. The summed E-state index contributed by atoms with van der Waals surface area (Å²) in [6.45, 7) is 0. The van der Waals surface area contributed by atoms with Crippen LogP contribution in [0.1, 0.15) is 15.4 Å². The Labute approximate surface area is 175 Å². The number of hydrogen-bond acceptors (Lipinski definition) is 4. The number of aromatic nitrogens is 1. The standard InChI is InChI=1S/C23H16FN3O2S/c24-16-6-4-8-18(14-16)26-23(29)15-5-3-7-17(13-15)25-21(28)11-12-22-27-19-9-1-2-10-20(19)30-22/h1-14H,(H,25,28)(H,26,29)/b12-11+. The predicted octanol–water partition coefficient (Wildman–Crippen LogP) is 5.34. The highest BCUT2D eigenvalue weighted by Crippen LogP contribution is 2.22. The van der Waals surface area contributed by atoms with Crippen LogP contribution in [0.15, 0.2) is 78.9 Å². The molecule has 0 radical (unpaired) electrons. The summed E-state index contributed by atoms with van der Waals surface area (Å²) in [5.41, 5.74) is 2.06. The Morgan fingerprint density at radius 2 is 1.67 bits per heavy atom. The van der Waals surface area contributed by atoms with Gasteiger partial charge in [0.05, 0.1) is 10.2 Å². The molecule has 0 aliphatic heterocycles. The first kappa shape index (κ1) is 19.5. The Hall–Kier alpha value is -3.84. The molecular formula is C23H16FN3O2S. The third-order valence-electron chi connectivity index (χ3n) is 4.16. The maximum Gasteiger partial charge on any atom is 0.255 e. The Balaban J connectivity index is 1.41. The van der Waals surface area contributed by atoms with E-state index in [0.717, 1.165) is 15.2 Å². The van der Waals surface area contributed by atoms with Gasteiger partial charge in [0.1, 0.15) is 10.8 Å². The van der Waals surface area contributed by atoms with Gasteiger partial charge in [0, 0.05) is 23.0 Å². The summed E-state index contributed by atoms with van der Waals surface area (Å²) in [6.07, 6.45) is 3.05. The fourth-order valence-corrected chi connectivity index (χ4v) is 3.67. The summed E-state index contributed by atoms with van der Waals surface area (Å²) in [4.78, 5) is 29.1. The fourth-order valence-electron chi connectivity index (χ4n) is 2.80. The van der Waals surface area contributed by atoms with Crippen molar-refractivity contribution in [1.82, 2.24) is 4.98 Å². The van der Waals surface area contributed by atoms with E-state index in [0.29, 0.717) is 16.9 Å². The molecule has 0 atom stereocenters. The smallest absolute Gasteiger partial charge is 0.255 e. The van der Waals surface area contributed by atoms with Crippen molar-refractivity contribution in [2.24, 2.45) is 0 Å². The van der Waals surface area contributed by atoms with Gasteiger partial charge in [-0.3, -0.25) is 9.59 Å². The van der Waals surface area contributed by atoms with Gasteiger partial charge in [0.25, 0.3) is 5.91 Å². The molecule has 5 nitrogen and oxygen atoms in total. The van der Waals surface area contributed by atoms with Gasteiger partial charge in [-0.25, -0.2) is 9.37 Å². The molecule has 0 saturated carbocycles. The van der Waals surface area contributed by atoms with E-state index in [1.807, 2.05) is 24.3 Å². The quantitative estimate of drug-likeness (QED) is 0.431. The van der Waals surface area contributed by atoms with E-state index in [-0.39, 0.29) is 5.91 Å². The van der Waals surface area contributed by atoms with Crippen LogP contribution in [0, 0.1) is 5.82 Å². The number of anilines is 2. The first-order valence-electron chi connectivity index (χ1n) is 9.08. The molecule has 0 aliphatic rings. The number of hydrogen-bond donors (Lipinski definition) is 2. The zero-order valence-electron chi connectivity index (χ0n) is 15.6. The van der Waals surface area contributed by atoms with Crippen LogP contribution >= 0.6 is 11.3 Å². The van der Waals surface area contributed by atoms with Gasteiger partial charge in [-0.1, -0.05) is 24.3 Å². The molecule has 0 unspecified atom stereocenters. The predicted molar refractivity (Wildman–Crippen MR) is 118 cm³/mol. The summed E-state index contributed by atoms with van der Waals surface area (Å²) in [5.74, 6) is -1.17. The van der Waals surface area contributed by atoms with Crippen LogP contribution in [0.4, 0.5) is 15.8 Å². The molecule has 0 bridgehead atoms. The zero-order valence-corrected chi connectivity index (χ0v) is 16.4. The highest BCUT2D eigenvalue weighted by atomic mass is 32.1. The number of nitrogens with zero attached hydrogens (tertiary/aromatic N) is 1. The Bertz CT molecular complexity index is 1230.